The van der Waals surface area contributed by atoms with Crippen LogP contribution in [0.3, 0.4) is 0 Å². The van der Waals surface area contributed by atoms with Gasteiger partial charge < -0.3 is 10.6 Å². The number of unbranched alkanes of at least 4 members (excludes halogenated alkanes) is 18. The van der Waals surface area contributed by atoms with Crippen LogP contribution in [0.5, 0.6) is 0 Å². The van der Waals surface area contributed by atoms with Crippen molar-refractivity contribution >= 4 is 35.3 Å². The molecule has 0 bridgehead atoms. The van der Waals surface area contributed by atoms with Gasteiger partial charge in [-0.05, 0) is 59.7 Å². The van der Waals surface area contributed by atoms with Crippen molar-refractivity contribution in [1.29, 1.82) is 0 Å². The summed E-state index contributed by atoms with van der Waals surface area (Å²) in [5.41, 5.74) is 3.09. The standard InChI is InChI=1S/C42H62N2O2S2/c1-3-5-7-9-11-13-15-17-19-21-31-47-35-27-23-33(24-28-35)39-37-38(42(46)43-39)40(44-41(37)45)34-25-29-36(30-26-34)48-32-22-20-18-16-14-12-10-8-6-4-2/h23-30,39-40H,3-22,31-32H2,1-2H3,(H,43,46)(H,44,45). The monoisotopic (exact) mass is 690 g/mol. The highest BCUT2D eigenvalue weighted by atomic mass is 32.2. The van der Waals surface area contributed by atoms with E-state index in [1.165, 1.54) is 138 Å². The van der Waals surface area contributed by atoms with Crippen LogP contribution in [0, 0.1) is 0 Å². The first-order valence-electron chi connectivity index (χ1n) is 19.4. The number of rotatable bonds is 26. The summed E-state index contributed by atoms with van der Waals surface area (Å²) in [4.78, 5) is 28.9. The molecule has 0 fully saturated rings. The molecular formula is C42H62N2O2S2. The topological polar surface area (TPSA) is 58.2 Å². The van der Waals surface area contributed by atoms with E-state index in [0.717, 1.165) is 22.6 Å². The molecule has 4 nitrogen and oxygen atoms in total. The first kappa shape index (κ1) is 38.6. The van der Waals surface area contributed by atoms with Crippen molar-refractivity contribution in [2.24, 2.45) is 0 Å². The molecule has 0 aromatic heterocycles. The molecule has 2 atom stereocenters. The van der Waals surface area contributed by atoms with Crippen LogP contribution in [0.2, 0.25) is 0 Å². The molecule has 2 aromatic rings. The fourth-order valence-electron chi connectivity index (χ4n) is 6.95. The summed E-state index contributed by atoms with van der Waals surface area (Å²) in [5.74, 6) is 1.98. The van der Waals surface area contributed by atoms with E-state index in [4.69, 9.17) is 0 Å². The second-order valence-corrected chi connectivity index (χ2v) is 16.2. The molecule has 2 amide bonds. The van der Waals surface area contributed by atoms with E-state index in [2.05, 4.69) is 73.0 Å². The smallest absolute Gasteiger partial charge is 0.250 e. The van der Waals surface area contributed by atoms with Gasteiger partial charge in [-0.2, -0.15) is 0 Å². The first-order valence-corrected chi connectivity index (χ1v) is 21.4. The quantitative estimate of drug-likeness (QED) is 0.0762. The average Bonchev–Trinajstić information content (AvgIpc) is 3.64. The number of hydrogen-bond acceptors (Lipinski definition) is 4. The summed E-state index contributed by atoms with van der Waals surface area (Å²) in [6.45, 7) is 4.55. The van der Waals surface area contributed by atoms with Gasteiger partial charge in [-0.1, -0.05) is 154 Å². The molecular weight excluding hydrogens is 629 g/mol. The van der Waals surface area contributed by atoms with E-state index < -0.39 is 12.1 Å². The van der Waals surface area contributed by atoms with Crippen molar-refractivity contribution in [3.05, 3.63) is 70.8 Å². The Bertz CT molecular complexity index is 1160. The molecule has 2 aromatic carbocycles. The number of amides is 2. The summed E-state index contributed by atoms with van der Waals surface area (Å²) < 4.78 is 0. The predicted octanol–water partition coefficient (Wildman–Crippen LogP) is 12.1. The zero-order chi connectivity index (χ0) is 33.8. The van der Waals surface area contributed by atoms with Crippen LogP contribution in [0.4, 0.5) is 0 Å². The van der Waals surface area contributed by atoms with Crippen molar-refractivity contribution in [1.82, 2.24) is 10.6 Å². The van der Waals surface area contributed by atoms with Gasteiger partial charge in [0.15, 0.2) is 0 Å². The number of carbonyl (C=O) groups excluding carboxylic acids is 2. The van der Waals surface area contributed by atoms with Crippen LogP contribution in [0.25, 0.3) is 0 Å². The van der Waals surface area contributed by atoms with Crippen LogP contribution in [0.15, 0.2) is 69.5 Å². The second kappa shape index (κ2) is 22.5. The first-order chi connectivity index (χ1) is 23.6. The molecule has 0 spiro atoms. The Balaban J connectivity index is 1.17. The van der Waals surface area contributed by atoms with Gasteiger partial charge in [0.25, 0.3) is 11.8 Å². The molecule has 264 valence electrons. The minimum absolute atomic E-state index is 0.142. The second-order valence-electron chi connectivity index (χ2n) is 13.8. The number of benzene rings is 2. The van der Waals surface area contributed by atoms with Gasteiger partial charge in [0.2, 0.25) is 0 Å². The third kappa shape index (κ3) is 12.6. The van der Waals surface area contributed by atoms with Gasteiger partial charge in [-0.25, -0.2) is 0 Å². The van der Waals surface area contributed by atoms with Gasteiger partial charge in [0.05, 0.1) is 23.2 Å². The lowest BCUT2D eigenvalue weighted by Crippen LogP contribution is -2.33. The van der Waals surface area contributed by atoms with Gasteiger partial charge in [0, 0.05) is 9.79 Å². The third-order valence-electron chi connectivity index (χ3n) is 9.87. The lowest BCUT2D eigenvalue weighted by Gasteiger charge is -2.18. The van der Waals surface area contributed by atoms with Gasteiger partial charge in [0.1, 0.15) is 0 Å². The van der Waals surface area contributed by atoms with Crippen LogP contribution in [-0.4, -0.2) is 23.3 Å². The average molecular weight is 691 g/mol. The Hall–Kier alpha value is -2.18. The van der Waals surface area contributed by atoms with Crippen LogP contribution < -0.4 is 10.6 Å². The summed E-state index contributed by atoms with van der Waals surface area (Å²) in [7, 11) is 0. The van der Waals surface area contributed by atoms with Crippen molar-refractivity contribution in [3.63, 3.8) is 0 Å². The minimum Gasteiger partial charge on any atom is -0.341 e. The van der Waals surface area contributed by atoms with Gasteiger partial charge >= 0.3 is 0 Å². The van der Waals surface area contributed by atoms with Gasteiger partial charge in [-0.3, -0.25) is 9.59 Å². The molecule has 0 saturated heterocycles. The van der Waals surface area contributed by atoms with E-state index in [9.17, 15) is 9.59 Å². The Labute approximate surface area is 300 Å². The molecule has 2 heterocycles. The summed E-state index contributed by atoms with van der Waals surface area (Å²) >= 11 is 3.80. The Morgan fingerprint density at radius 3 is 1.04 bits per heavy atom. The fourth-order valence-corrected chi connectivity index (χ4v) is 8.78. The van der Waals surface area contributed by atoms with E-state index in [1.807, 2.05) is 23.5 Å². The molecule has 2 aliphatic heterocycles. The Morgan fingerprint density at radius 2 is 0.729 bits per heavy atom. The number of hydrogen-bond donors (Lipinski definition) is 2. The number of nitrogens with one attached hydrogen (secondary N) is 2. The lowest BCUT2D eigenvalue weighted by molar-refractivity contribution is -0.118. The normalized spacial score (nSPS) is 17.2. The maximum atomic E-state index is 13.2. The highest BCUT2D eigenvalue weighted by molar-refractivity contribution is 7.99. The van der Waals surface area contributed by atoms with Gasteiger partial charge in [-0.15, -0.1) is 23.5 Å². The van der Waals surface area contributed by atoms with Crippen LogP contribution >= 0.6 is 23.5 Å². The maximum Gasteiger partial charge on any atom is 0.250 e. The van der Waals surface area contributed by atoms with E-state index in [1.54, 1.807) is 0 Å². The number of carbonyl (C=O) groups is 2. The highest BCUT2D eigenvalue weighted by Crippen LogP contribution is 2.41. The van der Waals surface area contributed by atoms with Crippen molar-refractivity contribution in [3.8, 4) is 0 Å². The summed E-state index contributed by atoms with van der Waals surface area (Å²) in [5, 5.41) is 6.21. The molecule has 0 radical (unpaired) electrons. The summed E-state index contributed by atoms with van der Waals surface area (Å²) in [6.07, 6.45) is 27.1. The van der Waals surface area contributed by atoms with Crippen molar-refractivity contribution < 1.29 is 9.59 Å². The largest absolute Gasteiger partial charge is 0.341 e. The zero-order valence-electron chi connectivity index (χ0n) is 30.0. The molecule has 2 N–H and O–H groups in total. The van der Waals surface area contributed by atoms with Crippen LogP contribution in [0.1, 0.15) is 165 Å². The fraction of sp³-hybridized carbons (Fsp3) is 0.619. The molecule has 4 rings (SSSR count). The van der Waals surface area contributed by atoms with Crippen molar-refractivity contribution in [2.45, 2.75) is 164 Å². The lowest BCUT2D eigenvalue weighted by atomic mass is 9.95. The molecule has 2 aliphatic rings. The molecule has 2 unspecified atom stereocenters. The molecule has 48 heavy (non-hydrogen) atoms. The Kier molecular flexibility index (Phi) is 18.1. The molecule has 0 saturated carbocycles. The predicted molar refractivity (Wildman–Crippen MR) is 207 cm³/mol. The van der Waals surface area contributed by atoms with E-state index in [-0.39, 0.29) is 11.8 Å². The highest BCUT2D eigenvalue weighted by Gasteiger charge is 2.46. The van der Waals surface area contributed by atoms with Crippen LogP contribution in [-0.2, 0) is 9.59 Å². The summed E-state index contributed by atoms with van der Waals surface area (Å²) in [6, 6.07) is 16.0. The zero-order valence-corrected chi connectivity index (χ0v) is 31.6. The maximum absolute atomic E-state index is 13.2. The van der Waals surface area contributed by atoms with E-state index >= 15 is 0 Å². The molecule has 0 aliphatic carbocycles. The Morgan fingerprint density at radius 1 is 0.438 bits per heavy atom. The number of thioether (sulfide) groups is 2. The minimum atomic E-state index is -0.394. The third-order valence-corrected chi connectivity index (χ3v) is 12.1. The SMILES string of the molecule is CCCCCCCCCCCCSc1ccc(C2NC(=O)C3=C2C(=O)NC3c2ccc(SCCCCCCCCCCCC)cc2)cc1. The van der Waals surface area contributed by atoms with E-state index in [0.29, 0.717) is 11.1 Å². The van der Waals surface area contributed by atoms with Crippen molar-refractivity contribution in [2.75, 3.05) is 11.5 Å². The molecule has 6 heteroatoms.